The van der Waals surface area contributed by atoms with E-state index in [1.165, 1.54) is 0 Å². The zero-order chi connectivity index (χ0) is 23.0. The van der Waals surface area contributed by atoms with E-state index in [1.54, 1.807) is 30.3 Å². The number of anilines is 2. The number of benzene rings is 3. The minimum absolute atomic E-state index is 0.0998. The van der Waals surface area contributed by atoms with Crippen molar-refractivity contribution in [3.63, 3.8) is 0 Å². The third-order valence-corrected chi connectivity index (χ3v) is 4.45. The molecule has 0 saturated carbocycles. The summed E-state index contributed by atoms with van der Waals surface area (Å²) in [6, 6.07) is 24.2. The van der Waals surface area contributed by atoms with Crippen molar-refractivity contribution in [2.75, 3.05) is 17.2 Å². The molecule has 2 amide bonds. The zero-order valence-corrected chi connectivity index (χ0v) is 18.6. The predicted octanol–water partition coefficient (Wildman–Crippen LogP) is 4.84. The highest BCUT2D eigenvalue weighted by Gasteiger charge is 2.15. The van der Waals surface area contributed by atoms with Crippen molar-refractivity contribution in [3.05, 3.63) is 90.0 Å². The Kier molecular flexibility index (Phi) is 7.49. The van der Waals surface area contributed by atoms with Gasteiger partial charge in [0.2, 0.25) is 5.91 Å². The maximum Gasteiger partial charge on any atom is 0.251 e. The van der Waals surface area contributed by atoms with Gasteiger partial charge < -0.3 is 20.7 Å². The first-order valence-electron chi connectivity index (χ1n) is 10.5. The van der Waals surface area contributed by atoms with Crippen LogP contribution in [-0.2, 0) is 11.4 Å². The summed E-state index contributed by atoms with van der Waals surface area (Å²) in [5.41, 5.74) is 2.77. The minimum Gasteiger partial charge on any atom is -0.489 e. The van der Waals surface area contributed by atoms with Gasteiger partial charge in [0.15, 0.2) is 0 Å². The molecule has 3 N–H and O–H groups in total. The zero-order valence-electron chi connectivity index (χ0n) is 18.6. The molecule has 0 aliphatic carbocycles. The second-order valence-corrected chi connectivity index (χ2v) is 8.49. The van der Waals surface area contributed by atoms with E-state index < -0.39 is 0 Å². The van der Waals surface area contributed by atoms with Crippen LogP contribution >= 0.6 is 0 Å². The van der Waals surface area contributed by atoms with Crippen LogP contribution in [0, 0.1) is 0 Å². The molecule has 0 aliphatic rings. The van der Waals surface area contributed by atoms with Crippen LogP contribution in [0.2, 0.25) is 0 Å². The maximum atomic E-state index is 12.3. The summed E-state index contributed by atoms with van der Waals surface area (Å²) in [5, 5.41) is 8.85. The summed E-state index contributed by atoms with van der Waals surface area (Å²) >= 11 is 0. The summed E-state index contributed by atoms with van der Waals surface area (Å²) in [7, 11) is 0. The van der Waals surface area contributed by atoms with Crippen molar-refractivity contribution in [1.82, 2.24) is 5.32 Å². The average Bonchev–Trinajstić information content (AvgIpc) is 2.76. The Balaban J connectivity index is 1.48. The molecule has 3 aromatic rings. The standard InChI is InChI=1S/C26H29N3O3/c1-26(2,3)29-25(31)20-12-14-21(15-13-20)27-17-24(30)28-22-10-7-11-23(16-22)32-18-19-8-5-4-6-9-19/h4-16,27H,17-18H2,1-3H3,(H,28,30)(H,29,31). The van der Waals surface area contributed by atoms with E-state index >= 15 is 0 Å². The molecule has 6 nitrogen and oxygen atoms in total. The Bertz CT molecular complexity index is 1040. The lowest BCUT2D eigenvalue weighted by Crippen LogP contribution is -2.40. The van der Waals surface area contributed by atoms with Gasteiger partial charge in [0, 0.05) is 28.5 Å². The fourth-order valence-electron chi connectivity index (χ4n) is 2.94. The first kappa shape index (κ1) is 22.9. The van der Waals surface area contributed by atoms with E-state index in [1.807, 2.05) is 69.3 Å². The molecule has 0 fully saturated rings. The van der Waals surface area contributed by atoms with Gasteiger partial charge >= 0.3 is 0 Å². The molecule has 32 heavy (non-hydrogen) atoms. The van der Waals surface area contributed by atoms with Crippen LogP contribution in [0.3, 0.4) is 0 Å². The lowest BCUT2D eigenvalue weighted by atomic mass is 10.1. The Morgan fingerprint density at radius 3 is 2.25 bits per heavy atom. The van der Waals surface area contributed by atoms with Crippen molar-refractivity contribution in [2.24, 2.45) is 0 Å². The number of ether oxygens (including phenoxy) is 1. The number of rotatable bonds is 8. The highest BCUT2D eigenvalue weighted by atomic mass is 16.5. The van der Waals surface area contributed by atoms with Crippen LogP contribution in [0.15, 0.2) is 78.9 Å². The molecule has 0 spiro atoms. The van der Waals surface area contributed by atoms with Gasteiger partial charge in [-0.05, 0) is 62.7 Å². The van der Waals surface area contributed by atoms with Gasteiger partial charge in [-0.25, -0.2) is 0 Å². The van der Waals surface area contributed by atoms with E-state index in [0.717, 1.165) is 11.3 Å². The highest BCUT2D eigenvalue weighted by Crippen LogP contribution is 2.19. The molecule has 0 aliphatic heterocycles. The number of amides is 2. The van der Waals surface area contributed by atoms with E-state index in [9.17, 15) is 9.59 Å². The molecule has 0 radical (unpaired) electrons. The van der Waals surface area contributed by atoms with Gasteiger partial charge in [0.1, 0.15) is 12.4 Å². The number of nitrogens with one attached hydrogen (secondary N) is 3. The Labute approximate surface area is 189 Å². The van der Waals surface area contributed by atoms with Crippen LogP contribution in [0.5, 0.6) is 5.75 Å². The predicted molar refractivity (Wildman–Crippen MR) is 128 cm³/mol. The van der Waals surface area contributed by atoms with E-state index in [4.69, 9.17) is 4.74 Å². The fourth-order valence-corrected chi connectivity index (χ4v) is 2.94. The third-order valence-electron chi connectivity index (χ3n) is 4.45. The van der Waals surface area contributed by atoms with E-state index in [2.05, 4.69) is 16.0 Å². The molecule has 6 heteroatoms. The molecule has 3 aromatic carbocycles. The molecular weight excluding hydrogens is 402 g/mol. The van der Waals surface area contributed by atoms with Crippen molar-refractivity contribution >= 4 is 23.2 Å². The normalized spacial score (nSPS) is 10.8. The third kappa shape index (κ3) is 7.47. The lowest BCUT2D eigenvalue weighted by molar-refractivity contribution is -0.114. The average molecular weight is 432 g/mol. The summed E-state index contributed by atoms with van der Waals surface area (Å²) in [4.78, 5) is 24.5. The first-order chi connectivity index (χ1) is 15.3. The minimum atomic E-state index is -0.296. The quantitative estimate of drug-likeness (QED) is 0.477. The number of hydrogen-bond acceptors (Lipinski definition) is 4. The van der Waals surface area contributed by atoms with Gasteiger partial charge in [-0.3, -0.25) is 9.59 Å². The Morgan fingerprint density at radius 2 is 1.56 bits per heavy atom. The van der Waals surface area contributed by atoms with Crippen molar-refractivity contribution in [3.8, 4) is 5.75 Å². The van der Waals surface area contributed by atoms with Crippen molar-refractivity contribution in [2.45, 2.75) is 32.9 Å². The number of carbonyl (C=O) groups excluding carboxylic acids is 2. The first-order valence-corrected chi connectivity index (χ1v) is 10.5. The van der Waals surface area contributed by atoms with Gasteiger partial charge in [0.25, 0.3) is 5.91 Å². The second-order valence-electron chi connectivity index (χ2n) is 8.49. The molecule has 166 valence electrons. The van der Waals surface area contributed by atoms with Gasteiger partial charge in [0.05, 0.1) is 6.54 Å². The molecule has 0 aromatic heterocycles. The van der Waals surface area contributed by atoms with Crippen LogP contribution in [-0.4, -0.2) is 23.9 Å². The molecular formula is C26H29N3O3. The summed E-state index contributed by atoms with van der Waals surface area (Å²) in [6.07, 6.45) is 0. The van der Waals surface area contributed by atoms with Crippen LogP contribution in [0.1, 0.15) is 36.7 Å². The van der Waals surface area contributed by atoms with Gasteiger partial charge in [-0.15, -0.1) is 0 Å². The molecule has 3 rings (SSSR count). The largest absolute Gasteiger partial charge is 0.489 e. The maximum absolute atomic E-state index is 12.3. The monoisotopic (exact) mass is 431 g/mol. The van der Waals surface area contributed by atoms with Crippen LogP contribution < -0.4 is 20.7 Å². The summed E-state index contributed by atoms with van der Waals surface area (Å²) < 4.78 is 5.80. The fraction of sp³-hybridized carbons (Fsp3) is 0.231. The highest BCUT2D eigenvalue weighted by molar-refractivity contribution is 5.95. The molecule has 0 saturated heterocycles. The number of hydrogen-bond donors (Lipinski definition) is 3. The van der Waals surface area contributed by atoms with E-state index in [-0.39, 0.29) is 23.9 Å². The smallest absolute Gasteiger partial charge is 0.251 e. The molecule has 0 atom stereocenters. The topological polar surface area (TPSA) is 79.5 Å². The molecule has 0 unspecified atom stereocenters. The van der Waals surface area contributed by atoms with Crippen molar-refractivity contribution < 1.29 is 14.3 Å². The second kappa shape index (κ2) is 10.5. The number of carbonyl (C=O) groups is 2. The molecule has 0 bridgehead atoms. The summed E-state index contributed by atoms with van der Waals surface area (Å²) in [5.74, 6) is 0.375. The van der Waals surface area contributed by atoms with Crippen LogP contribution in [0.4, 0.5) is 11.4 Å². The molecule has 0 heterocycles. The van der Waals surface area contributed by atoms with E-state index in [0.29, 0.717) is 23.6 Å². The Morgan fingerprint density at radius 1 is 0.844 bits per heavy atom. The van der Waals surface area contributed by atoms with Gasteiger partial charge in [-0.2, -0.15) is 0 Å². The lowest BCUT2D eigenvalue weighted by Gasteiger charge is -2.20. The van der Waals surface area contributed by atoms with Crippen LogP contribution in [0.25, 0.3) is 0 Å². The summed E-state index contributed by atoms with van der Waals surface area (Å²) in [6.45, 7) is 6.37. The Hall–Kier alpha value is -3.80. The SMILES string of the molecule is CC(C)(C)NC(=O)c1ccc(NCC(=O)Nc2cccc(OCc3ccccc3)c2)cc1. The van der Waals surface area contributed by atoms with Crippen molar-refractivity contribution in [1.29, 1.82) is 0 Å². The van der Waals surface area contributed by atoms with Gasteiger partial charge in [-0.1, -0.05) is 36.4 Å².